The lowest BCUT2D eigenvalue weighted by Crippen LogP contribution is -2.45. The number of nitrogens with zero attached hydrogens (tertiary/aromatic N) is 1. The Morgan fingerprint density at radius 1 is 1.50 bits per heavy atom. The number of esters is 1. The van der Waals surface area contributed by atoms with Crippen LogP contribution in [0.25, 0.3) is 0 Å². The predicted molar refractivity (Wildman–Crippen MR) is 59.2 cm³/mol. The van der Waals surface area contributed by atoms with Gasteiger partial charge in [0.25, 0.3) is 0 Å². The second kappa shape index (κ2) is 5.29. The lowest BCUT2D eigenvalue weighted by atomic mass is 9.86. The summed E-state index contributed by atoms with van der Waals surface area (Å²) in [6.45, 7) is 0. The second-order valence-electron chi connectivity index (χ2n) is 3.49. The summed E-state index contributed by atoms with van der Waals surface area (Å²) in [6, 6.07) is 10.9. The number of carbonyl (C=O) groups is 1. The van der Waals surface area contributed by atoms with Gasteiger partial charge in [0.15, 0.2) is 0 Å². The van der Waals surface area contributed by atoms with E-state index in [1.54, 1.807) is 24.3 Å². The van der Waals surface area contributed by atoms with E-state index in [9.17, 15) is 4.79 Å². The first-order valence-corrected chi connectivity index (χ1v) is 4.95. The lowest BCUT2D eigenvalue weighted by molar-refractivity contribution is -0.147. The van der Waals surface area contributed by atoms with E-state index >= 15 is 0 Å². The SMILES string of the molecule is COC(=O)C(N)(CCC#N)c1ccccc1. The van der Waals surface area contributed by atoms with Gasteiger partial charge in [0.1, 0.15) is 5.54 Å². The first-order chi connectivity index (χ1) is 7.65. The van der Waals surface area contributed by atoms with Gasteiger partial charge in [-0.3, -0.25) is 0 Å². The number of carbonyl (C=O) groups excluding carboxylic acids is 1. The molecule has 1 aromatic rings. The topological polar surface area (TPSA) is 76.1 Å². The molecule has 0 bridgehead atoms. The molecule has 0 fully saturated rings. The Bertz CT molecular complexity index is 397. The Kier molecular flexibility index (Phi) is 4.03. The first-order valence-electron chi connectivity index (χ1n) is 4.95. The summed E-state index contributed by atoms with van der Waals surface area (Å²) >= 11 is 0. The normalized spacial score (nSPS) is 13.6. The molecule has 4 nitrogen and oxygen atoms in total. The molecular weight excluding hydrogens is 204 g/mol. The van der Waals surface area contributed by atoms with Gasteiger partial charge >= 0.3 is 5.97 Å². The van der Waals surface area contributed by atoms with Crippen molar-refractivity contribution in [3.63, 3.8) is 0 Å². The Labute approximate surface area is 94.6 Å². The smallest absolute Gasteiger partial charge is 0.330 e. The van der Waals surface area contributed by atoms with E-state index in [-0.39, 0.29) is 12.8 Å². The number of methoxy groups -OCH3 is 1. The van der Waals surface area contributed by atoms with Crippen LogP contribution >= 0.6 is 0 Å². The summed E-state index contributed by atoms with van der Waals surface area (Å²) in [6.07, 6.45) is 0.459. The van der Waals surface area contributed by atoms with Gasteiger partial charge in [0, 0.05) is 6.42 Å². The summed E-state index contributed by atoms with van der Waals surface area (Å²) in [5.41, 5.74) is 5.47. The lowest BCUT2D eigenvalue weighted by Gasteiger charge is -2.25. The molecule has 0 aliphatic carbocycles. The van der Waals surface area contributed by atoms with Gasteiger partial charge in [-0.1, -0.05) is 30.3 Å². The predicted octanol–water partition coefficient (Wildman–Crippen LogP) is 1.32. The number of hydrogen-bond acceptors (Lipinski definition) is 4. The summed E-state index contributed by atoms with van der Waals surface area (Å²) < 4.78 is 4.69. The molecule has 0 heterocycles. The summed E-state index contributed by atoms with van der Waals surface area (Å²) in [4.78, 5) is 11.7. The quantitative estimate of drug-likeness (QED) is 0.773. The molecule has 0 radical (unpaired) electrons. The van der Waals surface area contributed by atoms with E-state index in [1.165, 1.54) is 7.11 Å². The Hall–Kier alpha value is -1.86. The third-order valence-corrected chi connectivity index (χ3v) is 2.47. The van der Waals surface area contributed by atoms with Crippen molar-refractivity contribution < 1.29 is 9.53 Å². The van der Waals surface area contributed by atoms with Crippen molar-refractivity contribution in [1.82, 2.24) is 0 Å². The number of ether oxygens (including phenoxy) is 1. The maximum absolute atomic E-state index is 11.7. The zero-order chi connectivity index (χ0) is 12.0. The molecule has 1 atom stereocenters. The minimum absolute atomic E-state index is 0.209. The highest BCUT2D eigenvalue weighted by Gasteiger charge is 2.36. The first kappa shape index (κ1) is 12.2. The highest BCUT2D eigenvalue weighted by atomic mass is 16.5. The molecule has 0 spiro atoms. The van der Waals surface area contributed by atoms with Crippen LogP contribution in [0.5, 0.6) is 0 Å². The molecule has 84 valence electrons. The third kappa shape index (κ3) is 2.38. The molecule has 0 saturated heterocycles. The van der Waals surface area contributed by atoms with Crippen molar-refractivity contribution in [3.05, 3.63) is 35.9 Å². The van der Waals surface area contributed by atoms with Crippen LogP contribution in [0.15, 0.2) is 30.3 Å². The van der Waals surface area contributed by atoms with Gasteiger partial charge in [-0.2, -0.15) is 5.26 Å². The number of rotatable bonds is 4. The van der Waals surface area contributed by atoms with Gasteiger partial charge in [0.05, 0.1) is 13.2 Å². The molecule has 1 unspecified atom stereocenters. The number of hydrogen-bond donors (Lipinski definition) is 1. The molecule has 2 N–H and O–H groups in total. The highest BCUT2D eigenvalue weighted by molar-refractivity contribution is 5.82. The van der Waals surface area contributed by atoms with E-state index in [4.69, 9.17) is 15.7 Å². The summed E-state index contributed by atoms with van der Waals surface area (Å²) in [7, 11) is 1.29. The summed E-state index contributed by atoms with van der Waals surface area (Å²) in [5, 5.41) is 8.57. The van der Waals surface area contributed by atoms with Gasteiger partial charge in [-0.15, -0.1) is 0 Å². The highest BCUT2D eigenvalue weighted by Crippen LogP contribution is 2.24. The van der Waals surface area contributed by atoms with E-state index in [0.717, 1.165) is 0 Å². The maximum atomic E-state index is 11.7. The molecular formula is C12H14N2O2. The van der Waals surface area contributed by atoms with Crippen LogP contribution in [0.1, 0.15) is 18.4 Å². The summed E-state index contributed by atoms with van der Waals surface area (Å²) in [5.74, 6) is -0.519. The Balaban J connectivity index is 3.05. The van der Waals surface area contributed by atoms with Crippen LogP contribution < -0.4 is 5.73 Å². The van der Waals surface area contributed by atoms with Crippen molar-refractivity contribution >= 4 is 5.97 Å². The average molecular weight is 218 g/mol. The van der Waals surface area contributed by atoms with Crippen LogP contribution in [0.2, 0.25) is 0 Å². The molecule has 0 aliphatic rings. The molecule has 0 aromatic heterocycles. The van der Waals surface area contributed by atoms with Crippen LogP contribution in [-0.2, 0) is 15.1 Å². The molecule has 0 amide bonds. The van der Waals surface area contributed by atoms with Crippen LogP contribution in [-0.4, -0.2) is 13.1 Å². The fraction of sp³-hybridized carbons (Fsp3) is 0.333. The van der Waals surface area contributed by atoms with E-state index in [1.807, 2.05) is 12.1 Å². The standard InChI is InChI=1S/C12H14N2O2/c1-16-11(15)12(14,8-5-9-13)10-6-3-2-4-7-10/h2-4,6-7H,5,8,14H2,1H3. The molecule has 0 saturated carbocycles. The second-order valence-corrected chi connectivity index (χ2v) is 3.49. The third-order valence-electron chi connectivity index (χ3n) is 2.47. The largest absolute Gasteiger partial charge is 0.467 e. The monoisotopic (exact) mass is 218 g/mol. The average Bonchev–Trinajstić information content (AvgIpc) is 2.36. The molecule has 4 heteroatoms. The van der Waals surface area contributed by atoms with E-state index in [2.05, 4.69) is 0 Å². The van der Waals surface area contributed by atoms with E-state index < -0.39 is 11.5 Å². The molecule has 16 heavy (non-hydrogen) atoms. The van der Waals surface area contributed by atoms with Gasteiger partial charge in [0.2, 0.25) is 0 Å². The minimum Gasteiger partial charge on any atom is -0.467 e. The van der Waals surface area contributed by atoms with Gasteiger partial charge < -0.3 is 10.5 Å². The zero-order valence-corrected chi connectivity index (χ0v) is 9.14. The number of nitriles is 1. The van der Waals surface area contributed by atoms with Gasteiger partial charge in [-0.25, -0.2) is 4.79 Å². The van der Waals surface area contributed by atoms with Crippen molar-refractivity contribution in [1.29, 1.82) is 5.26 Å². The fourth-order valence-corrected chi connectivity index (χ4v) is 1.54. The minimum atomic E-state index is -1.23. The van der Waals surface area contributed by atoms with Crippen molar-refractivity contribution in [2.24, 2.45) is 5.73 Å². The van der Waals surface area contributed by atoms with Crippen LogP contribution in [0.3, 0.4) is 0 Å². The molecule has 1 rings (SSSR count). The Morgan fingerprint density at radius 2 is 2.12 bits per heavy atom. The van der Waals surface area contributed by atoms with Gasteiger partial charge in [-0.05, 0) is 12.0 Å². The Morgan fingerprint density at radius 3 is 2.62 bits per heavy atom. The zero-order valence-electron chi connectivity index (χ0n) is 9.14. The van der Waals surface area contributed by atoms with Crippen LogP contribution in [0.4, 0.5) is 0 Å². The van der Waals surface area contributed by atoms with Crippen molar-refractivity contribution in [2.75, 3.05) is 7.11 Å². The number of benzene rings is 1. The molecule has 1 aromatic carbocycles. The van der Waals surface area contributed by atoms with Crippen molar-refractivity contribution in [3.8, 4) is 6.07 Å². The van der Waals surface area contributed by atoms with E-state index in [0.29, 0.717) is 5.56 Å². The fourth-order valence-electron chi connectivity index (χ4n) is 1.54. The maximum Gasteiger partial charge on any atom is 0.330 e. The number of nitrogens with two attached hydrogens (primary N) is 1. The van der Waals surface area contributed by atoms with Crippen LogP contribution in [0, 0.1) is 11.3 Å². The van der Waals surface area contributed by atoms with Crippen molar-refractivity contribution in [2.45, 2.75) is 18.4 Å². The molecule has 0 aliphatic heterocycles.